The van der Waals surface area contributed by atoms with Gasteiger partial charge in [0, 0.05) is 51.8 Å². The monoisotopic (exact) mass is 714 g/mol. The van der Waals surface area contributed by atoms with Gasteiger partial charge < -0.3 is 34.5 Å². The van der Waals surface area contributed by atoms with E-state index in [-0.39, 0.29) is 49.8 Å². The van der Waals surface area contributed by atoms with Crippen molar-refractivity contribution < 1.29 is 38.3 Å². The van der Waals surface area contributed by atoms with Gasteiger partial charge in [-0.05, 0) is 73.9 Å². The Morgan fingerprint density at radius 1 is 0.904 bits per heavy atom. The molecule has 276 valence electrons. The van der Waals surface area contributed by atoms with Crippen molar-refractivity contribution in [1.29, 1.82) is 0 Å². The third kappa shape index (κ3) is 12.1. The highest BCUT2D eigenvalue weighted by Crippen LogP contribution is 2.23. The molecule has 52 heavy (non-hydrogen) atoms. The van der Waals surface area contributed by atoms with Crippen LogP contribution in [-0.2, 0) is 32.0 Å². The minimum absolute atomic E-state index is 0.0901. The largest absolute Gasteiger partial charge is 0.488 e. The quantitative estimate of drug-likeness (QED) is 0.0741. The number of rotatable bonds is 17. The maximum absolute atomic E-state index is 14.5. The van der Waals surface area contributed by atoms with Crippen LogP contribution in [0.15, 0.2) is 91.0 Å². The molecule has 3 amide bonds. The van der Waals surface area contributed by atoms with Crippen LogP contribution in [0.5, 0.6) is 11.5 Å². The fourth-order valence-electron chi connectivity index (χ4n) is 5.46. The van der Waals surface area contributed by atoms with Gasteiger partial charge in [-0.2, -0.15) is 0 Å². The van der Waals surface area contributed by atoms with E-state index in [1.807, 2.05) is 94.4 Å². The van der Waals surface area contributed by atoms with E-state index >= 15 is 0 Å². The number of hydrogen-bond donors (Lipinski definition) is 2. The lowest BCUT2D eigenvalue weighted by Gasteiger charge is -2.31. The standard InChI is InChI=1S/C39H46N4O9/c1-6-50-36(49-5)26-42(25-29-12-9-11-28-10-7-8-13-33(28)29)37(45)34(24-27-14-18-32(19-15-27)52-39(2,3)4)41-35(44)22-23-40-38(46)51-31-20-16-30(17-21-31)43(47)48/h7-21,34,36H,6,22-26H2,1-5H3,(H,40,46)(H,41,44)/t34-,36?/m0/s1. The molecule has 0 saturated carbocycles. The highest BCUT2D eigenvalue weighted by molar-refractivity contribution is 5.89. The second-order valence-electron chi connectivity index (χ2n) is 13.0. The molecule has 13 nitrogen and oxygen atoms in total. The first-order valence-electron chi connectivity index (χ1n) is 17.0. The average Bonchev–Trinajstić information content (AvgIpc) is 3.11. The third-order valence-corrected chi connectivity index (χ3v) is 7.84. The van der Waals surface area contributed by atoms with Gasteiger partial charge in [0.15, 0.2) is 6.29 Å². The molecule has 0 aromatic heterocycles. The molecular formula is C39H46N4O9. The molecule has 4 rings (SSSR count). The highest BCUT2D eigenvalue weighted by Gasteiger charge is 2.29. The van der Waals surface area contributed by atoms with E-state index in [9.17, 15) is 24.5 Å². The van der Waals surface area contributed by atoms with Gasteiger partial charge in [-0.15, -0.1) is 0 Å². The molecule has 4 aromatic rings. The fourth-order valence-corrected chi connectivity index (χ4v) is 5.46. The summed E-state index contributed by atoms with van der Waals surface area (Å²) >= 11 is 0. The molecule has 0 aliphatic carbocycles. The Hall–Kier alpha value is -5.53. The van der Waals surface area contributed by atoms with Crippen molar-refractivity contribution in [2.24, 2.45) is 0 Å². The van der Waals surface area contributed by atoms with Crippen LogP contribution in [0.3, 0.4) is 0 Å². The smallest absolute Gasteiger partial charge is 0.412 e. The Labute approximate surface area is 303 Å². The minimum Gasteiger partial charge on any atom is -0.488 e. The summed E-state index contributed by atoms with van der Waals surface area (Å²) in [6.45, 7) is 8.32. The van der Waals surface area contributed by atoms with Crippen LogP contribution >= 0.6 is 0 Å². The van der Waals surface area contributed by atoms with Gasteiger partial charge >= 0.3 is 6.09 Å². The summed E-state index contributed by atoms with van der Waals surface area (Å²) in [6.07, 6.45) is -1.52. The first kappa shape index (κ1) is 39.3. The molecular weight excluding hydrogens is 668 g/mol. The first-order valence-corrected chi connectivity index (χ1v) is 17.0. The Kier molecular flexibility index (Phi) is 14.1. The van der Waals surface area contributed by atoms with Crippen molar-refractivity contribution >= 4 is 34.4 Å². The number of nitro groups is 1. The average molecular weight is 715 g/mol. The molecule has 0 fully saturated rings. The van der Waals surface area contributed by atoms with Crippen LogP contribution < -0.4 is 20.1 Å². The Morgan fingerprint density at radius 3 is 2.23 bits per heavy atom. The minimum atomic E-state index is -0.983. The van der Waals surface area contributed by atoms with Crippen LogP contribution in [0.2, 0.25) is 0 Å². The first-order chi connectivity index (χ1) is 24.8. The normalized spacial score (nSPS) is 12.4. The van der Waals surface area contributed by atoms with E-state index in [0.717, 1.165) is 21.9 Å². The lowest BCUT2D eigenvalue weighted by molar-refractivity contribution is -0.384. The second kappa shape index (κ2) is 18.6. The molecule has 4 aromatic carbocycles. The zero-order valence-electron chi connectivity index (χ0n) is 30.1. The van der Waals surface area contributed by atoms with Gasteiger partial charge in [-0.3, -0.25) is 19.7 Å². The molecule has 0 heterocycles. The number of nitro benzene ring substituents is 1. The number of benzene rings is 4. The predicted molar refractivity (Wildman–Crippen MR) is 196 cm³/mol. The van der Waals surface area contributed by atoms with Crippen LogP contribution in [0.4, 0.5) is 10.5 Å². The number of ether oxygens (including phenoxy) is 4. The van der Waals surface area contributed by atoms with Crippen molar-refractivity contribution in [2.45, 2.75) is 65.0 Å². The third-order valence-electron chi connectivity index (χ3n) is 7.84. The lowest BCUT2D eigenvalue weighted by Crippen LogP contribution is -2.51. The Bertz CT molecular complexity index is 1800. The van der Waals surface area contributed by atoms with Crippen LogP contribution in [0, 0.1) is 10.1 Å². The predicted octanol–water partition coefficient (Wildman–Crippen LogP) is 6.17. The zero-order chi connectivity index (χ0) is 37.7. The summed E-state index contributed by atoms with van der Waals surface area (Å²) in [4.78, 5) is 52.2. The van der Waals surface area contributed by atoms with Crippen molar-refractivity contribution in [3.63, 3.8) is 0 Å². The summed E-state index contributed by atoms with van der Waals surface area (Å²) in [5.74, 6) is -0.0413. The number of nitrogens with zero attached hydrogens (tertiary/aromatic N) is 2. The van der Waals surface area contributed by atoms with E-state index in [2.05, 4.69) is 10.6 Å². The highest BCUT2D eigenvalue weighted by atomic mass is 16.7. The van der Waals surface area contributed by atoms with Crippen molar-refractivity contribution in [2.75, 3.05) is 26.8 Å². The molecule has 0 saturated heterocycles. The number of carbonyl (C=O) groups excluding carboxylic acids is 3. The number of hydrogen-bond acceptors (Lipinski definition) is 9. The van der Waals surface area contributed by atoms with Gasteiger partial charge in [0.1, 0.15) is 23.1 Å². The van der Waals surface area contributed by atoms with E-state index in [1.165, 1.54) is 31.4 Å². The van der Waals surface area contributed by atoms with Crippen molar-refractivity contribution in [3.05, 3.63) is 112 Å². The molecule has 2 N–H and O–H groups in total. The van der Waals surface area contributed by atoms with Crippen molar-refractivity contribution in [1.82, 2.24) is 15.5 Å². The molecule has 0 aliphatic rings. The molecule has 1 unspecified atom stereocenters. The summed E-state index contributed by atoms with van der Waals surface area (Å²) < 4.78 is 22.4. The lowest BCUT2D eigenvalue weighted by atomic mass is 10.0. The molecule has 0 radical (unpaired) electrons. The SMILES string of the molecule is CCOC(CN(Cc1cccc2ccccc12)C(=O)[C@H](Cc1ccc(OC(C)(C)C)cc1)NC(=O)CCNC(=O)Oc1ccc([N+](=O)[O-])cc1)OC. The van der Waals surface area contributed by atoms with Crippen molar-refractivity contribution in [3.8, 4) is 11.5 Å². The zero-order valence-corrected chi connectivity index (χ0v) is 30.1. The number of nitrogens with one attached hydrogen (secondary N) is 2. The molecule has 13 heteroatoms. The Balaban J connectivity index is 1.53. The van der Waals surface area contributed by atoms with Gasteiger partial charge in [0.25, 0.3) is 5.69 Å². The maximum atomic E-state index is 14.5. The van der Waals surface area contributed by atoms with Gasteiger partial charge in [-0.25, -0.2) is 4.79 Å². The van der Waals surface area contributed by atoms with Crippen LogP contribution in [0.1, 0.15) is 45.2 Å². The number of carbonyl (C=O) groups is 3. The summed E-state index contributed by atoms with van der Waals surface area (Å²) in [6, 6.07) is 25.2. The van der Waals surface area contributed by atoms with Gasteiger partial charge in [0.05, 0.1) is 11.5 Å². The van der Waals surface area contributed by atoms with E-state index < -0.39 is 34.9 Å². The van der Waals surface area contributed by atoms with E-state index in [0.29, 0.717) is 12.4 Å². The maximum Gasteiger partial charge on any atom is 0.412 e. The topological polar surface area (TPSA) is 159 Å². The van der Waals surface area contributed by atoms with Crippen LogP contribution in [-0.4, -0.2) is 72.5 Å². The summed E-state index contributed by atoms with van der Waals surface area (Å²) in [5.41, 5.74) is 1.18. The van der Waals surface area contributed by atoms with Gasteiger partial charge in [-0.1, -0.05) is 54.6 Å². The Morgan fingerprint density at radius 2 is 1.58 bits per heavy atom. The number of non-ortho nitro benzene ring substituents is 1. The molecule has 0 bridgehead atoms. The van der Waals surface area contributed by atoms with E-state index in [1.54, 1.807) is 4.90 Å². The number of methoxy groups -OCH3 is 1. The van der Waals surface area contributed by atoms with Crippen LogP contribution in [0.25, 0.3) is 10.8 Å². The molecule has 0 spiro atoms. The molecule has 2 atom stereocenters. The fraction of sp³-hybridized carbons (Fsp3) is 0.359. The summed E-state index contributed by atoms with van der Waals surface area (Å²) in [7, 11) is 1.51. The molecule has 0 aliphatic heterocycles. The number of amides is 3. The van der Waals surface area contributed by atoms with E-state index in [4.69, 9.17) is 18.9 Å². The second-order valence-corrected chi connectivity index (χ2v) is 13.0. The van der Waals surface area contributed by atoms with Gasteiger partial charge in [0.2, 0.25) is 11.8 Å². The number of fused-ring (bicyclic) bond motifs is 1. The summed E-state index contributed by atoms with van der Waals surface area (Å²) in [5, 5.41) is 18.3.